The van der Waals surface area contributed by atoms with Crippen molar-refractivity contribution in [2.24, 2.45) is 5.73 Å². The lowest BCUT2D eigenvalue weighted by molar-refractivity contribution is 0.468. The zero-order valence-corrected chi connectivity index (χ0v) is 7.98. The zero-order chi connectivity index (χ0) is 9.71. The minimum absolute atomic E-state index is 0.301. The van der Waals surface area contributed by atoms with E-state index in [0.717, 1.165) is 24.9 Å². The SMILES string of the molecule is NC1CC2Cc3c(O)cccc3N2C1. The van der Waals surface area contributed by atoms with Gasteiger partial charge in [-0.15, -0.1) is 0 Å². The van der Waals surface area contributed by atoms with Gasteiger partial charge in [0, 0.05) is 29.9 Å². The number of rotatable bonds is 0. The highest BCUT2D eigenvalue weighted by molar-refractivity contribution is 5.65. The fraction of sp³-hybridized carbons (Fsp3) is 0.455. The van der Waals surface area contributed by atoms with E-state index < -0.39 is 0 Å². The molecule has 0 aliphatic carbocycles. The van der Waals surface area contributed by atoms with Gasteiger partial charge in [0.15, 0.2) is 0 Å². The van der Waals surface area contributed by atoms with Gasteiger partial charge in [0.1, 0.15) is 5.75 Å². The molecule has 3 nitrogen and oxygen atoms in total. The molecular weight excluding hydrogens is 176 g/mol. The summed E-state index contributed by atoms with van der Waals surface area (Å²) in [5.41, 5.74) is 8.20. The maximum absolute atomic E-state index is 9.69. The predicted molar refractivity (Wildman–Crippen MR) is 55.5 cm³/mol. The fourth-order valence-corrected chi connectivity index (χ4v) is 2.72. The molecule has 0 amide bonds. The number of hydrogen-bond acceptors (Lipinski definition) is 3. The number of benzene rings is 1. The van der Waals surface area contributed by atoms with E-state index in [4.69, 9.17) is 5.73 Å². The van der Waals surface area contributed by atoms with E-state index in [1.807, 2.05) is 6.07 Å². The summed E-state index contributed by atoms with van der Waals surface area (Å²) >= 11 is 0. The molecule has 2 aliphatic heterocycles. The van der Waals surface area contributed by atoms with Crippen LogP contribution in [-0.2, 0) is 6.42 Å². The zero-order valence-electron chi connectivity index (χ0n) is 7.98. The molecule has 0 spiro atoms. The maximum atomic E-state index is 9.69. The Morgan fingerprint density at radius 1 is 1.43 bits per heavy atom. The molecule has 3 N–H and O–H groups in total. The third-order valence-electron chi connectivity index (χ3n) is 3.32. The topological polar surface area (TPSA) is 49.5 Å². The van der Waals surface area contributed by atoms with Crippen molar-refractivity contribution in [2.45, 2.75) is 24.9 Å². The van der Waals surface area contributed by atoms with E-state index in [2.05, 4.69) is 11.0 Å². The Balaban J connectivity index is 2.05. The number of fused-ring (bicyclic) bond motifs is 3. The van der Waals surface area contributed by atoms with Crippen LogP contribution in [0.1, 0.15) is 12.0 Å². The monoisotopic (exact) mass is 190 g/mol. The van der Waals surface area contributed by atoms with Crippen LogP contribution >= 0.6 is 0 Å². The summed E-state index contributed by atoms with van der Waals surface area (Å²) in [6, 6.07) is 6.57. The van der Waals surface area contributed by atoms with Gasteiger partial charge in [-0.3, -0.25) is 0 Å². The molecule has 0 bridgehead atoms. The number of nitrogens with zero attached hydrogens (tertiary/aromatic N) is 1. The number of nitrogens with two attached hydrogens (primary N) is 1. The Hall–Kier alpha value is -1.22. The van der Waals surface area contributed by atoms with Crippen LogP contribution < -0.4 is 10.6 Å². The lowest BCUT2D eigenvalue weighted by Gasteiger charge is -2.18. The summed E-state index contributed by atoms with van der Waals surface area (Å²) in [4.78, 5) is 2.33. The molecule has 2 heterocycles. The van der Waals surface area contributed by atoms with Crippen LogP contribution in [0, 0.1) is 0 Å². The first-order valence-corrected chi connectivity index (χ1v) is 5.09. The van der Waals surface area contributed by atoms with Crippen molar-refractivity contribution in [1.82, 2.24) is 0 Å². The van der Waals surface area contributed by atoms with Crippen LogP contribution in [0.15, 0.2) is 18.2 Å². The molecule has 1 fully saturated rings. The fourth-order valence-electron chi connectivity index (χ4n) is 2.72. The first kappa shape index (κ1) is 8.12. The summed E-state index contributed by atoms with van der Waals surface area (Å²) < 4.78 is 0. The van der Waals surface area contributed by atoms with E-state index in [-0.39, 0.29) is 0 Å². The first-order valence-electron chi connectivity index (χ1n) is 5.09. The molecular formula is C11H14N2O. The molecule has 3 heteroatoms. The van der Waals surface area contributed by atoms with Crippen molar-refractivity contribution >= 4 is 5.69 Å². The molecule has 1 saturated heterocycles. The number of aromatic hydroxyl groups is 1. The Kier molecular flexibility index (Phi) is 1.53. The molecule has 2 aliphatic rings. The Bertz CT molecular complexity index is 378. The van der Waals surface area contributed by atoms with Gasteiger partial charge in [0.05, 0.1) is 0 Å². The van der Waals surface area contributed by atoms with Crippen molar-refractivity contribution in [3.8, 4) is 5.75 Å². The van der Waals surface area contributed by atoms with Crippen molar-refractivity contribution in [3.05, 3.63) is 23.8 Å². The van der Waals surface area contributed by atoms with Gasteiger partial charge < -0.3 is 15.7 Å². The van der Waals surface area contributed by atoms with Crippen LogP contribution in [0.5, 0.6) is 5.75 Å². The van der Waals surface area contributed by atoms with Crippen LogP contribution in [0.3, 0.4) is 0 Å². The Labute approximate surface area is 83.1 Å². The van der Waals surface area contributed by atoms with Gasteiger partial charge in [-0.05, 0) is 25.0 Å². The molecule has 0 saturated carbocycles. The second kappa shape index (κ2) is 2.64. The summed E-state index contributed by atoms with van der Waals surface area (Å²) in [5, 5.41) is 9.69. The van der Waals surface area contributed by atoms with Crippen LogP contribution in [0.4, 0.5) is 5.69 Å². The van der Waals surface area contributed by atoms with Crippen molar-refractivity contribution in [1.29, 1.82) is 0 Å². The summed E-state index contributed by atoms with van der Waals surface area (Å²) in [5.74, 6) is 0.436. The highest BCUT2D eigenvalue weighted by Gasteiger charge is 2.37. The number of phenolic OH excluding ortho intramolecular Hbond substituents is 1. The Morgan fingerprint density at radius 2 is 2.29 bits per heavy atom. The minimum Gasteiger partial charge on any atom is -0.508 e. The average Bonchev–Trinajstić information content (AvgIpc) is 2.63. The molecule has 0 aromatic heterocycles. The molecule has 2 unspecified atom stereocenters. The van der Waals surface area contributed by atoms with E-state index in [0.29, 0.717) is 17.8 Å². The third-order valence-corrected chi connectivity index (χ3v) is 3.32. The highest BCUT2D eigenvalue weighted by Crippen LogP contribution is 2.41. The van der Waals surface area contributed by atoms with Crippen LogP contribution in [-0.4, -0.2) is 23.7 Å². The lowest BCUT2D eigenvalue weighted by atomic mass is 10.1. The molecule has 74 valence electrons. The number of hydrogen-bond donors (Lipinski definition) is 2. The van der Waals surface area contributed by atoms with Crippen LogP contribution in [0.2, 0.25) is 0 Å². The van der Waals surface area contributed by atoms with E-state index >= 15 is 0 Å². The van der Waals surface area contributed by atoms with Gasteiger partial charge in [0.25, 0.3) is 0 Å². The predicted octanol–water partition coefficient (Wildman–Crippen LogP) is 0.854. The largest absolute Gasteiger partial charge is 0.508 e. The van der Waals surface area contributed by atoms with E-state index in [1.54, 1.807) is 6.07 Å². The molecule has 0 radical (unpaired) electrons. The van der Waals surface area contributed by atoms with Gasteiger partial charge in [-0.1, -0.05) is 6.07 Å². The normalized spacial score (nSPS) is 29.1. The van der Waals surface area contributed by atoms with Crippen molar-refractivity contribution < 1.29 is 5.11 Å². The first-order chi connectivity index (χ1) is 6.75. The molecule has 14 heavy (non-hydrogen) atoms. The smallest absolute Gasteiger partial charge is 0.120 e. The van der Waals surface area contributed by atoms with Gasteiger partial charge in [0.2, 0.25) is 0 Å². The van der Waals surface area contributed by atoms with Crippen molar-refractivity contribution in [2.75, 3.05) is 11.4 Å². The highest BCUT2D eigenvalue weighted by atomic mass is 16.3. The number of anilines is 1. The maximum Gasteiger partial charge on any atom is 0.120 e. The summed E-state index contributed by atoms with van der Waals surface area (Å²) in [6.07, 6.45) is 2.00. The summed E-state index contributed by atoms with van der Waals surface area (Å²) in [6.45, 7) is 0.932. The van der Waals surface area contributed by atoms with Gasteiger partial charge in [-0.25, -0.2) is 0 Å². The second-order valence-corrected chi connectivity index (χ2v) is 4.28. The molecule has 1 aromatic carbocycles. The molecule has 3 rings (SSSR count). The second-order valence-electron chi connectivity index (χ2n) is 4.28. The Morgan fingerprint density at radius 3 is 3.14 bits per heavy atom. The van der Waals surface area contributed by atoms with E-state index in [1.165, 1.54) is 5.69 Å². The van der Waals surface area contributed by atoms with Crippen LogP contribution in [0.25, 0.3) is 0 Å². The summed E-state index contributed by atoms with van der Waals surface area (Å²) in [7, 11) is 0. The number of phenols is 1. The lowest BCUT2D eigenvalue weighted by Crippen LogP contribution is -2.27. The van der Waals surface area contributed by atoms with Gasteiger partial charge in [-0.2, -0.15) is 0 Å². The average molecular weight is 190 g/mol. The molecule has 1 aromatic rings. The van der Waals surface area contributed by atoms with Crippen molar-refractivity contribution in [3.63, 3.8) is 0 Å². The van der Waals surface area contributed by atoms with Gasteiger partial charge >= 0.3 is 0 Å². The third kappa shape index (κ3) is 0.960. The minimum atomic E-state index is 0.301. The standard InChI is InChI=1S/C11H14N2O/c12-7-4-8-5-9-10(13(8)6-7)2-1-3-11(9)14/h1-3,7-8,14H,4-6,12H2. The van der Waals surface area contributed by atoms with E-state index in [9.17, 15) is 5.11 Å². The quantitative estimate of drug-likeness (QED) is 0.637. The molecule has 2 atom stereocenters.